The lowest BCUT2D eigenvalue weighted by Gasteiger charge is -2.13. The summed E-state index contributed by atoms with van der Waals surface area (Å²) >= 11 is 0. The van der Waals surface area contributed by atoms with Crippen molar-refractivity contribution in [3.05, 3.63) is 41.7 Å². The molecule has 0 unspecified atom stereocenters. The Morgan fingerprint density at radius 1 is 1.05 bits per heavy atom. The quantitative estimate of drug-likeness (QED) is 0.756. The molecule has 4 N–H and O–H groups in total. The van der Waals surface area contributed by atoms with Gasteiger partial charge in [0.05, 0.1) is 22.6 Å². The summed E-state index contributed by atoms with van der Waals surface area (Å²) in [6, 6.07) is 7.98. The van der Waals surface area contributed by atoms with E-state index in [1.807, 2.05) is 25.1 Å². The highest BCUT2D eigenvalue weighted by atomic mass is 15.0. The monoisotopic (exact) mass is 293 g/mol. The number of nitrogens with zero attached hydrogens (tertiary/aromatic N) is 3. The third kappa shape index (κ3) is 2.45. The summed E-state index contributed by atoms with van der Waals surface area (Å²) < 4.78 is 0. The van der Waals surface area contributed by atoms with Gasteiger partial charge in [-0.15, -0.1) is 0 Å². The maximum absolute atomic E-state index is 5.86. The predicted octanol–water partition coefficient (Wildman–Crippen LogP) is 3.29. The number of pyridine rings is 1. The summed E-state index contributed by atoms with van der Waals surface area (Å²) in [5, 5.41) is 0.965. The van der Waals surface area contributed by atoms with Crippen molar-refractivity contribution in [3.8, 4) is 11.3 Å². The van der Waals surface area contributed by atoms with Gasteiger partial charge in [0.25, 0.3) is 0 Å². The molecule has 0 saturated heterocycles. The van der Waals surface area contributed by atoms with Crippen molar-refractivity contribution in [1.82, 2.24) is 15.0 Å². The van der Waals surface area contributed by atoms with E-state index in [4.69, 9.17) is 11.5 Å². The van der Waals surface area contributed by atoms with Gasteiger partial charge in [-0.3, -0.25) is 4.98 Å². The van der Waals surface area contributed by atoms with Gasteiger partial charge in [0, 0.05) is 17.1 Å². The number of nitrogens with two attached hydrogens (primary N) is 2. The van der Waals surface area contributed by atoms with Crippen molar-refractivity contribution in [3.63, 3.8) is 0 Å². The highest BCUT2D eigenvalue weighted by molar-refractivity contribution is 5.87. The fourth-order valence-corrected chi connectivity index (χ4v) is 2.51. The molecule has 112 valence electrons. The average Bonchev–Trinajstić information content (AvgIpc) is 2.48. The van der Waals surface area contributed by atoms with Gasteiger partial charge in [-0.05, 0) is 42.7 Å². The fraction of sp³-hybridized carbons (Fsp3) is 0.235. The van der Waals surface area contributed by atoms with Gasteiger partial charge in [0.1, 0.15) is 0 Å². The lowest BCUT2D eigenvalue weighted by molar-refractivity contribution is 0.872. The number of hydrogen-bond donors (Lipinski definition) is 2. The topological polar surface area (TPSA) is 90.7 Å². The molecule has 0 spiro atoms. The number of aryl methyl sites for hydroxylation is 1. The molecule has 0 atom stereocenters. The lowest BCUT2D eigenvalue weighted by atomic mass is 9.96. The first-order chi connectivity index (χ1) is 10.5. The first kappa shape index (κ1) is 14.3. The predicted molar refractivity (Wildman–Crippen MR) is 90.4 cm³/mol. The van der Waals surface area contributed by atoms with Crippen LogP contribution >= 0.6 is 0 Å². The van der Waals surface area contributed by atoms with Crippen LogP contribution in [0.15, 0.2) is 30.5 Å². The SMILES string of the molecule is Cc1nc(-c2cc(C(C)C)c3nc(N)ncc3c2)ccc1N. The molecular formula is C17H19N5. The van der Waals surface area contributed by atoms with Gasteiger partial charge >= 0.3 is 0 Å². The number of rotatable bonds is 2. The van der Waals surface area contributed by atoms with E-state index in [0.717, 1.165) is 33.4 Å². The number of aromatic nitrogens is 3. The summed E-state index contributed by atoms with van der Waals surface area (Å²) in [7, 11) is 0. The Balaban J connectivity index is 2.26. The van der Waals surface area contributed by atoms with Crippen LogP contribution in [0.25, 0.3) is 22.2 Å². The molecule has 0 radical (unpaired) electrons. The van der Waals surface area contributed by atoms with Gasteiger partial charge in [0.2, 0.25) is 5.95 Å². The summed E-state index contributed by atoms with van der Waals surface area (Å²) in [5.74, 6) is 0.621. The summed E-state index contributed by atoms with van der Waals surface area (Å²) in [4.78, 5) is 13.1. The van der Waals surface area contributed by atoms with Crippen molar-refractivity contribution in [2.45, 2.75) is 26.7 Å². The van der Waals surface area contributed by atoms with Crippen LogP contribution in [0.3, 0.4) is 0 Å². The second-order valence-electron chi connectivity index (χ2n) is 5.76. The van der Waals surface area contributed by atoms with Crippen molar-refractivity contribution in [2.75, 3.05) is 11.5 Å². The van der Waals surface area contributed by atoms with Gasteiger partial charge in [-0.2, -0.15) is 0 Å². The highest BCUT2D eigenvalue weighted by Crippen LogP contribution is 2.30. The molecule has 5 heteroatoms. The highest BCUT2D eigenvalue weighted by Gasteiger charge is 2.12. The van der Waals surface area contributed by atoms with Crippen molar-refractivity contribution < 1.29 is 0 Å². The molecule has 3 aromatic rings. The Kier molecular flexibility index (Phi) is 3.41. The van der Waals surface area contributed by atoms with E-state index in [9.17, 15) is 0 Å². The second kappa shape index (κ2) is 5.26. The van der Waals surface area contributed by atoms with E-state index in [0.29, 0.717) is 17.6 Å². The third-order valence-electron chi connectivity index (χ3n) is 3.78. The molecule has 0 aliphatic rings. The minimum absolute atomic E-state index is 0.295. The van der Waals surface area contributed by atoms with Gasteiger partial charge in [-0.1, -0.05) is 13.8 Å². The van der Waals surface area contributed by atoms with E-state index in [2.05, 4.69) is 34.9 Å². The molecule has 1 aromatic carbocycles. The zero-order valence-corrected chi connectivity index (χ0v) is 13.0. The maximum atomic E-state index is 5.86. The van der Waals surface area contributed by atoms with E-state index < -0.39 is 0 Å². The molecule has 3 rings (SSSR count). The van der Waals surface area contributed by atoms with Crippen LogP contribution in [0, 0.1) is 6.92 Å². The van der Waals surface area contributed by atoms with Crippen LogP contribution in [-0.2, 0) is 0 Å². The first-order valence-electron chi connectivity index (χ1n) is 7.25. The normalized spacial score (nSPS) is 11.3. The van der Waals surface area contributed by atoms with E-state index in [1.54, 1.807) is 6.20 Å². The largest absolute Gasteiger partial charge is 0.397 e. The van der Waals surface area contributed by atoms with Gasteiger partial charge < -0.3 is 11.5 Å². The summed E-state index contributed by atoms with van der Waals surface area (Å²) in [6.45, 7) is 6.18. The maximum Gasteiger partial charge on any atom is 0.220 e. The molecule has 22 heavy (non-hydrogen) atoms. The van der Waals surface area contributed by atoms with Gasteiger partial charge in [-0.25, -0.2) is 9.97 Å². The van der Waals surface area contributed by atoms with Crippen LogP contribution in [0.4, 0.5) is 11.6 Å². The fourth-order valence-electron chi connectivity index (χ4n) is 2.51. The standard InChI is InChI=1S/C17H19N5/c1-9(2)13-7-11(15-5-4-14(18)10(3)21-15)6-12-8-20-17(19)22-16(12)13/h4-9H,18H2,1-3H3,(H2,19,20,22). The number of anilines is 2. The lowest BCUT2D eigenvalue weighted by Crippen LogP contribution is -2.00. The minimum Gasteiger partial charge on any atom is -0.397 e. The Morgan fingerprint density at radius 3 is 2.50 bits per heavy atom. The third-order valence-corrected chi connectivity index (χ3v) is 3.78. The molecule has 0 fully saturated rings. The van der Waals surface area contributed by atoms with Crippen LogP contribution in [0.2, 0.25) is 0 Å². The zero-order chi connectivity index (χ0) is 15.9. The van der Waals surface area contributed by atoms with Crippen molar-refractivity contribution >= 4 is 22.5 Å². The van der Waals surface area contributed by atoms with E-state index >= 15 is 0 Å². The molecule has 2 aromatic heterocycles. The van der Waals surface area contributed by atoms with Crippen LogP contribution in [-0.4, -0.2) is 15.0 Å². The van der Waals surface area contributed by atoms with Crippen LogP contribution < -0.4 is 11.5 Å². The van der Waals surface area contributed by atoms with Gasteiger partial charge in [0.15, 0.2) is 0 Å². The second-order valence-corrected chi connectivity index (χ2v) is 5.76. The van der Waals surface area contributed by atoms with Crippen molar-refractivity contribution in [2.24, 2.45) is 0 Å². The van der Waals surface area contributed by atoms with Crippen LogP contribution in [0.1, 0.15) is 31.0 Å². The molecule has 0 aliphatic carbocycles. The zero-order valence-electron chi connectivity index (χ0n) is 13.0. The molecule has 5 nitrogen and oxygen atoms in total. The van der Waals surface area contributed by atoms with E-state index in [-0.39, 0.29) is 0 Å². The Morgan fingerprint density at radius 2 is 1.82 bits per heavy atom. The molecule has 0 aliphatic heterocycles. The Bertz CT molecular complexity index is 855. The average molecular weight is 293 g/mol. The number of benzene rings is 1. The summed E-state index contributed by atoms with van der Waals surface area (Å²) in [6.07, 6.45) is 1.76. The Labute approximate surface area is 129 Å². The molecule has 0 bridgehead atoms. The number of nitrogen functional groups attached to an aromatic ring is 2. The number of fused-ring (bicyclic) bond motifs is 1. The van der Waals surface area contributed by atoms with Crippen molar-refractivity contribution in [1.29, 1.82) is 0 Å². The molecule has 0 amide bonds. The Hall–Kier alpha value is -2.69. The van der Waals surface area contributed by atoms with E-state index in [1.165, 1.54) is 0 Å². The van der Waals surface area contributed by atoms with Crippen LogP contribution in [0.5, 0.6) is 0 Å². The smallest absolute Gasteiger partial charge is 0.220 e. The molecule has 0 saturated carbocycles. The first-order valence-corrected chi connectivity index (χ1v) is 7.25. The number of hydrogen-bond acceptors (Lipinski definition) is 5. The molecular weight excluding hydrogens is 274 g/mol. The minimum atomic E-state index is 0.295. The summed E-state index contributed by atoms with van der Waals surface area (Å²) in [5.41, 5.74) is 17.1. The molecule has 2 heterocycles.